The molecule has 0 bridgehead atoms. The summed E-state index contributed by atoms with van der Waals surface area (Å²) in [6.45, 7) is 3.67. The first-order valence-corrected chi connectivity index (χ1v) is 8.66. The number of nitrogens with zero attached hydrogens (tertiary/aromatic N) is 1. The zero-order valence-corrected chi connectivity index (χ0v) is 14.9. The molecule has 0 aromatic heterocycles. The molecule has 1 aromatic carbocycles. The van der Waals surface area contributed by atoms with E-state index in [0.29, 0.717) is 16.9 Å². The number of carboxylic acids is 1. The molecule has 0 saturated carbocycles. The number of rotatable bonds is 6. The Morgan fingerprint density at radius 3 is 2.42 bits per heavy atom. The van der Waals surface area contributed by atoms with E-state index in [2.05, 4.69) is 0 Å². The van der Waals surface area contributed by atoms with Crippen molar-refractivity contribution in [2.24, 2.45) is 5.92 Å². The van der Waals surface area contributed by atoms with Crippen molar-refractivity contribution < 1.29 is 19.5 Å². The lowest BCUT2D eigenvalue weighted by atomic mass is 9.98. The second-order valence-electron chi connectivity index (χ2n) is 5.50. The molecule has 2 rings (SSSR count). The Labute approximate surface area is 149 Å². The number of aldehydes is 1. The number of hydrogen-bond donors (Lipinski definition) is 1. The Balaban J connectivity index is 2.31. The molecule has 1 heterocycles. The molecule has 1 aromatic rings. The van der Waals surface area contributed by atoms with Crippen LogP contribution in [-0.4, -0.2) is 38.5 Å². The van der Waals surface area contributed by atoms with Crippen LogP contribution in [0, 0.1) is 5.92 Å². The van der Waals surface area contributed by atoms with Crippen LogP contribution in [0.4, 0.5) is 0 Å². The van der Waals surface area contributed by atoms with Crippen LogP contribution >= 0.6 is 24.0 Å². The number of carboxylic acid groups (broad SMARTS) is 1. The van der Waals surface area contributed by atoms with Crippen molar-refractivity contribution >= 4 is 52.5 Å². The Morgan fingerprint density at radius 2 is 1.92 bits per heavy atom. The standard InChI is InChI=1S/C17H17NO4S2/c1-3-10(2)14(16(21)22)18-15(20)13(24-17(18)23)8-11-4-6-12(9-19)7-5-11/h4-10,14H,3H2,1-2H3,(H,21,22)/b13-8-/t10-,14-/m1/s1. The maximum atomic E-state index is 12.6. The molecular formula is C17H17NO4S2. The first-order valence-electron chi connectivity index (χ1n) is 7.44. The third-order valence-corrected chi connectivity index (χ3v) is 5.24. The molecule has 2 atom stereocenters. The highest BCUT2D eigenvalue weighted by atomic mass is 32.2. The quantitative estimate of drug-likeness (QED) is 0.475. The summed E-state index contributed by atoms with van der Waals surface area (Å²) in [5, 5.41) is 9.49. The molecule has 0 aliphatic carbocycles. The minimum atomic E-state index is -1.06. The van der Waals surface area contributed by atoms with E-state index in [1.165, 1.54) is 4.90 Å². The van der Waals surface area contributed by atoms with E-state index in [1.807, 2.05) is 6.92 Å². The number of benzene rings is 1. The van der Waals surface area contributed by atoms with Crippen molar-refractivity contribution in [3.63, 3.8) is 0 Å². The van der Waals surface area contributed by atoms with Gasteiger partial charge in [-0.15, -0.1) is 0 Å². The Kier molecular flexibility index (Phi) is 5.90. The van der Waals surface area contributed by atoms with E-state index in [9.17, 15) is 19.5 Å². The van der Waals surface area contributed by atoms with Crippen LogP contribution in [-0.2, 0) is 9.59 Å². The molecule has 1 saturated heterocycles. The van der Waals surface area contributed by atoms with E-state index in [4.69, 9.17) is 12.2 Å². The van der Waals surface area contributed by atoms with Crippen molar-refractivity contribution in [1.82, 2.24) is 4.90 Å². The summed E-state index contributed by atoms with van der Waals surface area (Å²) in [6, 6.07) is 5.78. The molecule has 1 N–H and O–H groups in total. The van der Waals surface area contributed by atoms with E-state index in [-0.39, 0.29) is 10.2 Å². The van der Waals surface area contributed by atoms with Crippen molar-refractivity contribution in [3.8, 4) is 0 Å². The Bertz CT molecular complexity index is 712. The van der Waals surface area contributed by atoms with Crippen molar-refractivity contribution in [2.45, 2.75) is 26.3 Å². The molecule has 0 radical (unpaired) electrons. The van der Waals surface area contributed by atoms with Gasteiger partial charge in [-0.2, -0.15) is 0 Å². The molecule has 126 valence electrons. The van der Waals surface area contributed by atoms with Gasteiger partial charge < -0.3 is 5.11 Å². The highest BCUT2D eigenvalue weighted by molar-refractivity contribution is 8.26. The van der Waals surface area contributed by atoms with Crippen LogP contribution in [0.25, 0.3) is 6.08 Å². The maximum absolute atomic E-state index is 12.6. The number of carbonyl (C=O) groups is 3. The average Bonchev–Trinajstić information content (AvgIpc) is 2.83. The molecule has 1 amide bonds. The summed E-state index contributed by atoms with van der Waals surface area (Å²) in [4.78, 5) is 36.5. The number of hydrogen-bond acceptors (Lipinski definition) is 5. The van der Waals surface area contributed by atoms with Gasteiger partial charge in [-0.25, -0.2) is 4.79 Å². The summed E-state index contributed by atoms with van der Waals surface area (Å²) in [5.74, 6) is -1.66. The van der Waals surface area contributed by atoms with Gasteiger partial charge in [-0.05, 0) is 17.6 Å². The van der Waals surface area contributed by atoms with Crippen molar-refractivity contribution in [3.05, 3.63) is 40.3 Å². The maximum Gasteiger partial charge on any atom is 0.327 e. The number of amides is 1. The summed E-state index contributed by atoms with van der Waals surface area (Å²) in [6.07, 6.45) is 3.02. The van der Waals surface area contributed by atoms with Gasteiger partial charge in [0, 0.05) is 5.56 Å². The molecular weight excluding hydrogens is 346 g/mol. The fourth-order valence-electron chi connectivity index (χ4n) is 2.37. The smallest absolute Gasteiger partial charge is 0.327 e. The minimum absolute atomic E-state index is 0.212. The number of carbonyl (C=O) groups excluding carboxylic acids is 2. The second kappa shape index (κ2) is 7.72. The summed E-state index contributed by atoms with van der Waals surface area (Å²) in [7, 11) is 0. The third-order valence-electron chi connectivity index (χ3n) is 3.91. The lowest BCUT2D eigenvalue weighted by Gasteiger charge is -2.27. The fourth-order valence-corrected chi connectivity index (χ4v) is 3.70. The van der Waals surface area contributed by atoms with Gasteiger partial charge in [0.25, 0.3) is 5.91 Å². The SMILES string of the molecule is CC[C@@H](C)[C@H](C(=O)O)N1C(=O)/C(=C/c2ccc(C=O)cc2)SC1=S. The van der Waals surface area contributed by atoms with Crippen LogP contribution in [0.15, 0.2) is 29.2 Å². The third kappa shape index (κ3) is 3.73. The summed E-state index contributed by atoms with van der Waals surface area (Å²) < 4.78 is 0.253. The monoisotopic (exact) mass is 363 g/mol. The minimum Gasteiger partial charge on any atom is -0.480 e. The van der Waals surface area contributed by atoms with E-state index in [1.54, 1.807) is 37.3 Å². The molecule has 1 aliphatic heterocycles. The number of aliphatic carboxylic acids is 1. The van der Waals surface area contributed by atoms with Gasteiger partial charge in [0.05, 0.1) is 4.91 Å². The van der Waals surface area contributed by atoms with Gasteiger partial charge in [0.1, 0.15) is 16.6 Å². The van der Waals surface area contributed by atoms with E-state index in [0.717, 1.165) is 23.6 Å². The van der Waals surface area contributed by atoms with Gasteiger partial charge in [0.2, 0.25) is 0 Å². The van der Waals surface area contributed by atoms with Crippen molar-refractivity contribution in [2.75, 3.05) is 0 Å². The van der Waals surface area contributed by atoms with Crippen LogP contribution in [0.3, 0.4) is 0 Å². The van der Waals surface area contributed by atoms with E-state index >= 15 is 0 Å². The first kappa shape index (κ1) is 18.4. The Hall–Kier alpha value is -1.99. The molecule has 1 aliphatic rings. The van der Waals surface area contributed by atoms with Gasteiger partial charge in [0.15, 0.2) is 0 Å². The zero-order valence-electron chi connectivity index (χ0n) is 13.3. The highest BCUT2D eigenvalue weighted by Crippen LogP contribution is 2.35. The summed E-state index contributed by atoms with van der Waals surface area (Å²) in [5.41, 5.74) is 1.29. The van der Waals surface area contributed by atoms with E-state index < -0.39 is 17.9 Å². The molecule has 1 fully saturated rings. The topological polar surface area (TPSA) is 74.7 Å². The Morgan fingerprint density at radius 1 is 1.33 bits per heavy atom. The average molecular weight is 363 g/mol. The lowest BCUT2D eigenvalue weighted by Crippen LogP contribution is -2.47. The molecule has 0 unspecified atom stereocenters. The van der Waals surface area contributed by atoms with Gasteiger partial charge >= 0.3 is 5.97 Å². The van der Waals surface area contributed by atoms with Crippen LogP contribution in [0.1, 0.15) is 36.2 Å². The zero-order chi connectivity index (χ0) is 17.9. The number of thiocarbonyl (C=S) groups is 1. The van der Waals surface area contributed by atoms with Gasteiger partial charge in [-0.1, -0.05) is 68.5 Å². The molecule has 5 nitrogen and oxygen atoms in total. The number of thioether (sulfide) groups is 1. The molecule has 24 heavy (non-hydrogen) atoms. The molecule has 0 spiro atoms. The van der Waals surface area contributed by atoms with Crippen LogP contribution in [0.5, 0.6) is 0 Å². The van der Waals surface area contributed by atoms with Crippen molar-refractivity contribution in [1.29, 1.82) is 0 Å². The molecule has 7 heteroatoms. The lowest BCUT2D eigenvalue weighted by molar-refractivity contribution is -0.147. The largest absolute Gasteiger partial charge is 0.480 e. The summed E-state index contributed by atoms with van der Waals surface area (Å²) >= 11 is 6.33. The normalized spacial score (nSPS) is 18.8. The predicted octanol–water partition coefficient (Wildman–Crippen LogP) is 3.20. The fraction of sp³-hybridized carbons (Fsp3) is 0.294. The predicted molar refractivity (Wildman–Crippen MR) is 97.7 cm³/mol. The van der Waals surface area contributed by atoms with Gasteiger partial charge in [-0.3, -0.25) is 14.5 Å². The van der Waals surface area contributed by atoms with Crippen LogP contribution < -0.4 is 0 Å². The second-order valence-corrected chi connectivity index (χ2v) is 7.18. The van der Waals surface area contributed by atoms with Crippen LogP contribution in [0.2, 0.25) is 0 Å². The first-order chi connectivity index (χ1) is 11.4. The highest BCUT2D eigenvalue weighted by Gasteiger charge is 2.42.